The fourth-order valence-electron chi connectivity index (χ4n) is 12.6. The Morgan fingerprint density at radius 1 is 0.321 bits per heavy atom. The van der Waals surface area contributed by atoms with Gasteiger partial charge in [0, 0.05) is 12.8 Å². The molecule has 84 heavy (non-hydrogen) atoms. The predicted octanol–water partition coefficient (Wildman–Crippen LogP) is 25.5. The number of carbonyl (C=O) groups excluding carboxylic acids is 2. The highest BCUT2D eigenvalue weighted by Crippen LogP contribution is 2.20. The van der Waals surface area contributed by atoms with Gasteiger partial charge < -0.3 is 20.3 Å². The van der Waals surface area contributed by atoms with Crippen LogP contribution < -0.4 is 5.32 Å². The Kier molecular flexibility index (Phi) is 72.8. The molecule has 0 heterocycles. The molecule has 0 bridgehead atoms. The summed E-state index contributed by atoms with van der Waals surface area (Å²) in [5.41, 5.74) is 0. The minimum atomic E-state index is -0.842. The number of nitrogens with one attached hydrogen (secondary N) is 1. The Morgan fingerprint density at radius 2 is 0.548 bits per heavy atom. The molecule has 0 saturated heterocycles. The van der Waals surface area contributed by atoms with Crippen LogP contribution in [-0.4, -0.2) is 47.4 Å². The van der Waals surface area contributed by atoms with E-state index in [-0.39, 0.29) is 18.5 Å². The van der Waals surface area contributed by atoms with Crippen LogP contribution in [0.25, 0.3) is 0 Å². The Hall–Kier alpha value is -1.40. The second kappa shape index (κ2) is 74.1. The van der Waals surface area contributed by atoms with E-state index >= 15 is 0 Å². The van der Waals surface area contributed by atoms with Crippen molar-refractivity contribution in [2.75, 3.05) is 13.2 Å². The molecule has 1 amide bonds. The molecule has 0 radical (unpaired) electrons. The Morgan fingerprint density at radius 3 is 0.810 bits per heavy atom. The molecule has 2 atom stereocenters. The average molecular weight is 1190 g/mol. The van der Waals surface area contributed by atoms with Gasteiger partial charge in [0.2, 0.25) is 5.91 Å². The zero-order valence-corrected chi connectivity index (χ0v) is 57.4. The molecule has 2 unspecified atom stereocenters. The molecule has 0 aliphatic carbocycles. The summed E-state index contributed by atoms with van der Waals surface area (Å²) in [6, 6.07) is -0.625. The van der Waals surface area contributed by atoms with Crippen LogP contribution in [0.5, 0.6) is 0 Å². The largest absolute Gasteiger partial charge is 0.466 e. The maximum atomic E-state index is 12.5. The fraction of sp³-hybridized carbons (Fsp3) is 0.949. The van der Waals surface area contributed by atoms with Gasteiger partial charge in [-0.1, -0.05) is 418 Å². The first-order valence-corrected chi connectivity index (χ1v) is 39.0. The van der Waals surface area contributed by atoms with Crippen LogP contribution >= 0.6 is 0 Å². The first-order chi connectivity index (χ1) is 41.5. The number of hydrogen-bond acceptors (Lipinski definition) is 5. The zero-order chi connectivity index (χ0) is 60.6. The van der Waals surface area contributed by atoms with Crippen LogP contribution in [-0.2, 0) is 14.3 Å². The summed E-state index contributed by atoms with van der Waals surface area (Å²) in [5, 5.41) is 23.3. The maximum absolute atomic E-state index is 12.5. The Labute approximate surface area is 527 Å². The number of aliphatic hydroxyl groups is 2. The summed E-state index contributed by atoms with van der Waals surface area (Å²) in [6.45, 7) is 4.97. The number of allylic oxidation sites excluding steroid dienone is 1. The first kappa shape index (κ1) is 82.6. The third-order valence-electron chi connectivity index (χ3n) is 18.6. The van der Waals surface area contributed by atoms with E-state index in [9.17, 15) is 19.8 Å². The minimum absolute atomic E-state index is 0.0240. The number of hydrogen-bond donors (Lipinski definition) is 3. The minimum Gasteiger partial charge on any atom is -0.466 e. The van der Waals surface area contributed by atoms with Crippen molar-refractivity contribution in [1.29, 1.82) is 0 Å². The number of ether oxygens (including phenoxy) is 1. The molecule has 6 nitrogen and oxygen atoms in total. The van der Waals surface area contributed by atoms with Crippen molar-refractivity contribution in [2.45, 2.75) is 463 Å². The summed E-state index contributed by atoms with van der Waals surface area (Å²) >= 11 is 0. The molecule has 6 heteroatoms. The quantitative estimate of drug-likeness (QED) is 0.0320. The van der Waals surface area contributed by atoms with Crippen LogP contribution in [0.1, 0.15) is 450 Å². The van der Waals surface area contributed by atoms with Gasteiger partial charge in [-0.05, 0) is 32.1 Å². The smallest absolute Gasteiger partial charge is 0.305 e. The summed E-state index contributed by atoms with van der Waals surface area (Å²) in [5.74, 6) is -0.0348. The maximum Gasteiger partial charge on any atom is 0.305 e. The molecule has 0 saturated carbocycles. The van der Waals surface area contributed by atoms with E-state index in [0.717, 1.165) is 38.5 Å². The highest BCUT2D eigenvalue weighted by atomic mass is 16.5. The van der Waals surface area contributed by atoms with Gasteiger partial charge >= 0.3 is 5.97 Å². The lowest BCUT2D eigenvalue weighted by atomic mass is 10.0. The summed E-state index contributed by atoms with van der Waals surface area (Å²) in [7, 11) is 0. The van der Waals surface area contributed by atoms with E-state index in [1.54, 1.807) is 6.08 Å². The molecule has 0 fully saturated rings. The van der Waals surface area contributed by atoms with Gasteiger partial charge in [-0.15, -0.1) is 0 Å². The second-order valence-corrected chi connectivity index (χ2v) is 27.1. The van der Waals surface area contributed by atoms with Crippen LogP contribution in [0, 0.1) is 0 Å². The molecule has 0 rings (SSSR count). The van der Waals surface area contributed by atoms with E-state index in [2.05, 4.69) is 19.2 Å². The molecule has 0 aromatic carbocycles. The molecule has 0 spiro atoms. The molecule has 0 aliphatic rings. The first-order valence-electron chi connectivity index (χ1n) is 39.0. The van der Waals surface area contributed by atoms with Crippen molar-refractivity contribution in [3.63, 3.8) is 0 Å². The number of aliphatic hydroxyl groups excluding tert-OH is 2. The second-order valence-electron chi connectivity index (χ2n) is 27.1. The van der Waals surface area contributed by atoms with Crippen LogP contribution in [0.3, 0.4) is 0 Å². The van der Waals surface area contributed by atoms with Crippen LogP contribution in [0.4, 0.5) is 0 Å². The van der Waals surface area contributed by atoms with Gasteiger partial charge in [0.15, 0.2) is 0 Å². The van der Waals surface area contributed by atoms with Gasteiger partial charge in [0.25, 0.3) is 0 Å². The number of amides is 1. The molecule has 0 aromatic heterocycles. The Bertz CT molecular complexity index is 1270. The van der Waals surface area contributed by atoms with Crippen LogP contribution in [0.15, 0.2) is 12.2 Å². The van der Waals surface area contributed by atoms with E-state index in [4.69, 9.17) is 4.74 Å². The normalized spacial score (nSPS) is 12.5. The van der Waals surface area contributed by atoms with E-state index in [1.165, 1.54) is 385 Å². The molecular weight excluding hydrogens is 1030 g/mol. The summed E-state index contributed by atoms with van der Waals surface area (Å²) in [4.78, 5) is 24.6. The average Bonchev–Trinajstić information content (AvgIpc) is 3.53. The SMILES string of the molecule is CCCCCCCCCCCCCCCCCCCCCC/C=C/C(O)C(CO)NC(=O)CCCCCCCCCCCCCCCCCCCCCCCCCCCCCCCCOC(=O)CCCCCCCCCCCCCCCCC. The monoisotopic (exact) mass is 1180 g/mol. The van der Waals surface area contributed by atoms with Crippen molar-refractivity contribution in [2.24, 2.45) is 0 Å². The van der Waals surface area contributed by atoms with Crippen LogP contribution in [0.2, 0.25) is 0 Å². The molecule has 0 aromatic rings. The molecule has 3 N–H and O–H groups in total. The number of rotatable bonds is 74. The van der Waals surface area contributed by atoms with E-state index in [0.29, 0.717) is 19.4 Å². The molecule has 500 valence electrons. The predicted molar refractivity (Wildman–Crippen MR) is 370 cm³/mol. The van der Waals surface area contributed by atoms with Gasteiger partial charge in [-0.25, -0.2) is 0 Å². The highest BCUT2D eigenvalue weighted by Gasteiger charge is 2.18. The van der Waals surface area contributed by atoms with Crippen molar-refractivity contribution in [1.82, 2.24) is 5.32 Å². The van der Waals surface area contributed by atoms with Gasteiger partial charge in [-0.2, -0.15) is 0 Å². The van der Waals surface area contributed by atoms with Gasteiger partial charge in [0.1, 0.15) is 0 Å². The van der Waals surface area contributed by atoms with E-state index < -0.39 is 12.1 Å². The summed E-state index contributed by atoms with van der Waals surface area (Å²) in [6.07, 6.45) is 93.3. The Balaban J connectivity index is 3.35. The standard InChI is InChI=1S/C78H153NO5/c1-3-5-7-9-11-13-15-17-19-20-21-22-33-36-39-43-46-50-54-58-62-66-70-76(81)75(74-80)79-77(82)71-67-63-59-55-51-47-44-40-37-34-31-29-27-25-23-24-26-28-30-32-35-38-41-45-49-53-57-61-65-69-73-84-78(83)72-68-64-60-56-52-48-42-18-16-14-12-10-8-6-4-2/h66,70,75-76,80-81H,3-65,67-69,71-74H2,1-2H3,(H,79,82)/b70-66+. The highest BCUT2D eigenvalue weighted by molar-refractivity contribution is 5.76. The number of carbonyl (C=O) groups is 2. The van der Waals surface area contributed by atoms with Crippen molar-refractivity contribution in [3.05, 3.63) is 12.2 Å². The zero-order valence-electron chi connectivity index (χ0n) is 57.4. The number of esters is 1. The third kappa shape index (κ3) is 69.7. The fourth-order valence-corrected chi connectivity index (χ4v) is 12.6. The van der Waals surface area contributed by atoms with Crippen molar-refractivity contribution >= 4 is 11.9 Å². The van der Waals surface area contributed by atoms with Gasteiger partial charge in [-0.3, -0.25) is 9.59 Å². The third-order valence-corrected chi connectivity index (χ3v) is 18.6. The molecular formula is C78H153NO5. The van der Waals surface area contributed by atoms with Crippen molar-refractivity contribution < 1.29 is 24.5 Å². The summed E-state index contributed by atoms with van der Waals surface area (Å²) < 4.78 is 5.51. The van der Waals surface area contributed by atoms with Crippen molar-refractivity contribution in [3.8, 4) is 0 Å². The lowest BCUT2D eigenvalue weighted by Crippen LogP contribution is -2.45. The topological polar surface area (TPSA) is 95.9 Å². The lowest BCUT2D eigenvalue weighted by molar-refractivity contribution is -0.143. The lowest BCUT2D eigenvalue weighted by Gasteiger charge is -2.20. The van der Waals surface area contributed by atoms with E-state index in [1.807, 2.05) is 6.08 Å². The molecule has 0 aliphatic heterocycles. The van der Waals surface area contributed by atoms with Gasteiger partial charge in [0.05, 0.1) is 25.4 Å². The number of unbranched alkanes of at least 4 members (excludes halogenated alkanes) is 63.